The van der Waals surface area contributed by atoms with E-state index in [9.17, 15) is 0 Å². The smallest absolute Gasteiger partial charge is 0.0913 e. The average molecular weight is 408 g/mol. The number of pyridine rings is 1. The second-order valence-electron chi connectivity index (χ2n) is 4.50. The molecule has 2 heterocycles. The van der Waals surface area contributed by atoms with E-state index in [1.54, 1.807) is 12.4 Å². The predicted molar refractivity (Wildman–Crippen MR) is 89.2 cm³/mol. The van der Waals surface area contributed by atoms with Crippen molar-refractivity contribution in [1.82, 2.24) is 14.8 Å². The summed E-state index contributed by atoms with van der Waals surface area (Å²) in [5.41, 5.74) is 9.01. The fraction of sp³-hybridized carbons (Fsp3) is 0.0667. The molecule has 2 aromatic heterocycles. The van der Waals surface area contributed by atoms with Crippen molar-refractivity contribution >= 4 is 31.9 Å². The van der Waals surface area contributed by atoms with Crippen LogP contribution in [0, 0.1) is 0 Å². The number of nitrogens with two attached hydrogens (primary N) is 1. The van der Waals surface area contributed by atoms with Gasteiger partial charge in [-0.15, -0.1) is 0 Å². The summed E-state index contributed by atoms with van der Waals surface area (Å²) in [6, 6.07) is 13.4. The Morgan fingerprint density at radius 3 is 2.57 bits per heavy atom. The lowest BCUT2D eigenvalue weighted by atomic mass is 10.1. The first-order valence-electron chi connectivity index (χ1n) is 6.32. The minimum Gasteiger partial charge on any atom is -0.318 e. The van der Waals surface area contributed by atoms with Crippen molar-refractivity contribution in [3.8, 4) is 5.69 Å². The molecule has 6 heteroatoms. The number of rotatable bonds is 3. The van der Waals surface area contributed by atoms with Gasteiger partial charge in [0, 0.05) is 21.3 Å². The van der Waals surface area contributed by atoms with Gasteiger partial charge in [0.15, 0.2) is 0 Å². The summed E-state index contributed by atoms with van der Waals surface area (Å²) in [7, 11) is 0. The molecular formula is C15H12Br2N4. The van der Waals surface area contributed by atoms with Crippen molar-refractivity contribution in [3.63, 3.8) is 0 Å². The third kappa shape index (κ3) is 2.92. The largest absolute Gasteiger partial charge is 0.318 e. The van der Waals surface area contributed by atoms with Crippen LogP contribution in [-0.2, 0) is 0 Å². The summed E-state index contributed by atoms with van der Waals surface area (Å²) in [5.74, 6) is 0. The van der Waals surface area contributed by atoms with Crippen LogP contribution in [0.2, 0.25) is 0 Å². The quantitative estimate of drug-likeness (QED) is 0.717. The first-order valence-corrected chi connectivity index (χ1v) is 7.91. The lowest BCUT2D eigenvalue weighted by molar-refractivity contribution is 0.719. The number of nitrogens with zero attached hydrogens (tertiary/aromatic N) is 3. The van der Waals surface area contributed by atoms with Crippen LogP contribution < -0.4 is 5.73 Å². The molecule has 4 nitrogen and oxygen atoms in total. The highest BCUT2D eigenvalue weighted by Gasteiger charge is 2.18. The van der Waals surface area contributed by atoms with Crippen molar-refractivity contribution in [3.05, 3.63) is 75.2 Å². The Balaban J connectivity index is 2.03. The van der Waals surface area contributed by atoms with Crippen molar-refractivity contribution in [1.29, 1.82) is 0 Å². The Hall–Kier alpha value is -1.50. The zero-order valence-corrected chi connectivity index (χ0v) is 14.1. The van der Waals surface area contributed by atoms with Gasteiger partial charge in [-0.3, -0.25) is 4.98 Å². The molecule has 0 spiro atoms. The lowest BCUT2D eigenvalue weighted by Gasteiger charge is -2.15. The van der Waals surface area contributed by atoms with E-state index in [1.807, 2.05) is 47.1 Å². The van der Waals surface area contributed by atoms with Crippen LogP contribution in [0.25, 0.3) is 5.69 Å². The Morgan fingerprint density at radius 1 is 1.10 bits per heavy atom. The Labute approximate surface area is 139 Å². The van der Waals surface area contributed by atoms with Gasteiger partial charge < -0.3 is 5.73 Å². The summed E-state index contributed by atoms with van der Waals surface area (Å²) in [6.07, 6.45) is 3.48. The fourth-order valence-corrected chi connectivity index (χ4v) is 3.36. The van der Waals surface area contributed by atoms with E-state index >= 15 is 0 Å². The summed E-state index contributed by atoms with van der Waals surface area (Å²) >= 11 is 6.91. The van der Waals surface area contributed by atoms with Crippen LogP contribution in [0.5, 0.6) is 0 Å². The molecule has 106 valence electrons. The summed E-state index contributed by atoms with van der Waals surface area (Å²) in [5, 5.41) is 4.36. The van der Waals surface area contributed by atoms with Crippen LogP contribution in [0.3, 0.4) is 0 Å². The molecule has 3 rings (SSSR count). The molecule has 0 aliphatic heterocycles. The Kier molecular flexibility index (Phi) is 4.19. The van der Waals surface area contributed by atoms with Crippen molar-refractivity contribution in [2.24, 2.45) is 5.73 Å². The number of halogens is 2. The molecule has 21 heavy (non-hydrogen) atoms. The third-order valence-electron chi connectivity index (χ3n) is 3.12. The topological polar surface area (TPSA) is 56.7 Å². The third-order valence-corrected chi connectivity index (χ3v) is 4.19. The Morgan fingerprint density at radius 2 is 1.86 bits per heavy atom. The maximum atomic E-state index is 6.38. The highest BCUT2D eigenvalue weighted by atomic mass is 79.9. The molecule has 0 amide bonds. The predicted octanol–water partition coefficient (Wildman–Crippen LogP) is 3.84. The molecule has 1 atom stereocenters. The molecule has 0 fully saturated rings. The number of hydrogen-bond donors (Lipinski definition) is 1. The van der Waals surface area contributed by atoms with Crippen molar-refractivity contribution < 1.29 is 0 Å². The van der Waals surface area contributed by atoms with Crippen LogP contribution in [0.4, 0.5) is 0 Å². The summed E-state index contributed by atoms with van der Waals surface area (Å²) in [4.78, 5) is 4.41. The lowest BCUT2D eigenvalue weighted by Crippen LogP contribution is -2.18. The molecule has 0 saturated carbocycles. The van der Waals surface area contributed by atoms with Gasteiger partial charge >= 0.3 is 0 Å². The SMILES string of the molecule is NC(c1ncc(Br)cc1Br)c1ccnn1-c1ccccc1. The van der Waals surface area contributed by atoms with E-state index in [-0.39, 0.29) is 6.04 Å². The monoisotopic (exact) mass is 406 g/mol. The molecular weight excluding hydrogens is 396 g/mol. The molecule has 1 unspecified atom stereocenters. The highest BCUT2D eigenvalue weighted by Crippen LogP contribution is 2.28. The summed E-state index contributed by atoms with van der Waals surface area (Å²) < 4.78 is 3.60. The molecule has 0 bridgehead atoms. The highest BCUT2D eigenvalue weighted by molar-refractivity contribution is 9.11. The first kappa shape index (κ1) is 14.4. The van der Waals surface area contributed by atoms with Crippen LogP contribution in [0.15, 0.2) is 63.8 Å². The van der Waals surface area contributed by atoms with E-state index in [0.29, 0.717) is 0 Å². The maximum absolute atomic E-state index is 6.38. The van der Waals surface area contributed by atoms with E-state index in [0.717, 1.165) is 26.0 Å². The van der Waals surface area contributed by atoms with Gasteiger partial charge in [0.25, 0.3) is 0 Å². The van der Waals surface area contributed by atoms with Gasteiger partial charge in [0.05, 0.1) is 23.1 Å². The minimum absolute atomic E-state index is 0.366. The fourth-order valence-electron chi connectivity index (χ4n) is 2.13. The average Bonchev–Trinajstić information content (AvgIpc) is 2.97. The van der Waals surface area contributed by atoms with Gasteiger partial charge in [-0.05, 0) is 56.1 Å². The molecule has 0 aliphatic carbocycles. The molecule has 0 saturated heterocycles. The van der Waals surface area contributed by atoms with Crippen molar-refractivity contribution in [2.75, 3.05) is 0 Å². The second kappa shape index (κ2) is 6.09. The van der Waals surface area contributed by atoms with E-state index in [2.05, 4.69) is 41.9 Å². The van der Waals surface area contributed by atoms with E-state index in [1.165, 1.54) is 0 Å². The van der Waals surface area contributed by atoms with E-state index < -0.39 is 0 Å². The van der Waals surface area contributed by atoms with Gasteiger partial charge in [-0.2, -0.15) is 5.10 Å². The summed E-state index contributed by atoms with van der Waals surface area (Å²) in [6.45, 7) is 0. The first-order chi connectivity index (χ1) is 10.2. The molecule has 0 aliphatic rings. The number of aromatic nitrogens is 3. The number of benzene rings is 1. The number of para-hydroxylation sites is 1. The molecule has 1 aromatic carbocycles. The zero-order valence-electron chi connectivity index (χ0n) is 10.9. The van der Waals surface area contributed by atoms with Crippen molar-refractivity contribution in [2.45, 2.75) is 6.04 Å². The number of hydrogen-bond acceptors (Lipinski definition) is 3. The van der Waals surface area contributed by atoms with E-state index in [4.69, 9.17) is 5.73 Å². The normalized spacial score (nSPS) is 12.3. The maximum Gasteiger partial charge on any atom is 0.0913 e. The standard InChI is InChI=1S/C15H12Br2N4/c16-10-8-12(17)15(19-9-10)14(18)13-6-7-20-21(13)11-4-2-1-3-5-11/h1-9,14H,18H2. The van der Waals surface area contributed by atoms with Crippen LogP contribution in [0.1, 0.15) is 17.4 Å². The zero-order chi connectivity index (χ0) is 14.8. The van der Waals surface area contributed by atoms with Crippen LogP contribution in [-0.4, -0.2) is 14.8 Å². The van der Waals surface area contributed by atoms with Gasteiger partial charge in [0.1, 0.15) is 0 Å². The van der Waals surface area contributed by atoms with Crippen LogP contribution >= 0.6 is 31.9 Å². The Bertz CT molecular complexity index is 755. The molecule has 3 aromatic rings. The van der Waals surface area contributed by atoms with Gasteiger partial charge in [-0.25, -0.2) is 4.68 Å². The molecule has 0 radical (unpaired) electrons. The molecule has 2 N–H and O–H groups in total. The van der Waals surface area contributed by atoms with Gasteiger partial charge in [0.2, 0.25) is 0 Å². The van der Waals surface area contributed by atoms with Gasteiger partial charge in [-0.1, -0.05) is 18.2 Å². The minimum atomic E-state index is -0.366. The second-order valence-corrected chi connectivity index (χ2v) is 6.27.